The van der Waals surface area contributed by atoms with Crippen LogP contribution >= 0.6 is 11.6 Å². The normalized spacial score (nSPS) is 9.79. The van der Waals surface area contributed by atoms with Crippen molar-refractivity contribution in [3.8, 4) is 0 Å². The highest BCUT2D eigenvalue weighted by Crippen LogP contribution is 2.15. The number of pyridine rings is 1. The number of aromatic nitrogens is 1. The number of nitrogens with zero attached hydrogens (tertiary/aromatic N) is 1. The first kappa shape index (κ1) is 10.6. The summed E-state index contributed by atoms with van der Waals surface area (Å²) >= 11 is 5.67. The van der Waals surface area contributed by atoms with Crippen molar-refractivity contribution in [1.82, 2.24) is 4.98 Å². The van der Waals surface area contributed by atoms with Gasteiger partial charge in [0.2, 0.25) is 5.91 Å². The van der Waals surface area contributed by atoms with E-state index in [1.807, 2.05) is 0 Å². The Morgan fingerprint density at radius 2 is 2.29 bits per heavy atom. The second-order valence-electron chi connectivity index (χ2n) is 2.75. The first-order valence-electron chi connectivity index (χ1n) is 4.03. The summed E-state index contributed by atoms with van der Waals surface area (Å²) in [4.78, 5) is 14.4. The van der Waals surface area contributed by atoms with Gasteiger partial charge in [-0.2, -0.15) is 0 Å². The zero-order valence-electron chi connectivity index (χ0n) is 7.46. The van der Waals surface area contributed by atoms with Gasteiger partial charge in [0.1, 0.15) is 11.0 Å². The van der Waals surface area contributed by atoms with Gasteiger partial charge in [0, 0.05) is 24.7 Å². The van der Waals surface area contributed by atoms with Gasteiger partial charge in [-0.25, -0.2) is 4.98 Å². The van der Waals surface area contributed by atoms with Crippen LogP contribution in [0.5, 0.6) is 0 Å². The maximum Gasteiger partial charge on any atom is 0.219 e. The van der Waals surface area contributed by atoms with Crippen LogP contribution in [0.3, 0.4) is 0 Å². The molecule has 14 heavy (non-hydrogen) atoms. The summed E-state index contributed by atoms with van der Waals surface area (Å²) in [5.74, 6) is 0.170. The van der Waals surface area contributed by atoms with Crippen LogP contribution in [-0.4, -0.2) is 17.4 Å². The molecule has 0 saturated carbocycles. The van der Waals surface area contributed by atoms with Crippen LogP contribution in [0.25, 0.3) is 0 Å². The molecular formula is C8H11ClN4O. The monoisotopic (exact) mass is 214 g/mol. The number of hydrogen-bond donors (Lipinski definition) is 3. The molecule has 0 unspecified atom stereocenters. The molecule has 1 aromatic rings. The third-order valence-corrected chi connectivity index (χ3v) is 1.69. The zero-order valence-corrected chi connectivity index (χ0v) is 8.21. The second kappa shape index (κ2) is 4.66. The van der Waals surface area contributed by atoms with Crippen molar-refractivity contribution >= 4 is 29.0 Å². The molecule has 6 heteroatoms. The Balaban J connectivity index is 2.54. The highest BCUT2D eigenvalue weighted by atomic mass is 35.5. The second-order valence-corrected chi connectivity index (χ2v) is 3.14. The minimum Gasteiger partial charge on any atom is -0.399 e. The quantitative estimate of drug-likeness (QED) is 0.640. The molecule has 0 aromatic carbocycles. The molecule has 1 rings (SSSR count). The molecule has 1 heterocycles. The van der Waals surface area contributed by atoms with E-state index in [9.17, 15) is 4.79 Å². The topological polar surface area (TPSA) is 94.0 Å². The number of amides is 1. The fraction of sp³-hybridized carbons (Fsp3) is 0.250. The molecule has 0 spiro atoms. The van der Waals surface area contributed by atoms with E-state index in [2.05, 4.69) is 10.3 Å². The number of primary amides is 1. The predicted molar refractivity (Wildman–Crippen MR) is 56.0 cm³/mol. The van der Waals surface area contributed by atoms with E-state index < -0.39 is 0 Å². The van der Waals surface area contributed by atoms with Crippen LogP contribution < -0.4 is 16.8 Å². The van der Waals surface area contributed by atoms with Gasteiger partial charge in [0.05, 0.1) is 0 Å². The molecule has 0 radical (unpaired) electrons. The molecular weight excluding hydrogens is 204 g/mol. The summed E-state index contributed by atoms with van der Waals surface area (Å²) in [5.41, 5.74) is 11.0. The van der Waals surface area contributed by atoms with E-state index in [0.29, 0.717) is 23.2 Å². The van der Waals surface area contributed by atoms with Gasteiger partial charge >= 0.3 is 0 Å². The molecule has 0 saturated heterocycles. The molecule has 0 bridgehead atoms. The fourth-order valence-corrected chi connectivity index (χ4v) is 1.14. The van der Waals surface area contributed by atoms with Gasteiger partial charge in [-0.05, 0) is 6.07 Å². The summed E-state index contributed by atoms with van der Waals surface area (Å²) in [6.07, 6.45) is 0.244. The lowest BCUT2D eigenvalue weighted by molar-refractivity contribution is -0.117. The van der Waals surface area contributed by atoms with Crippen molar-refractivity contribution in [3.63, 3.8) is 0 Å². The van der Waals surface area contributed by atoms with Gasteiger partial charge in [-0.3, -0.25) is 4.79 Å². The van der Waals surface area contributed by atoms with Crippen LogP contribution in [0.15, 0.2) is 12.1 Å². The van der Waals surface area contributed by atoms with E-state index >= 15 is 0 Å². The summed E-state index contributed by atoms with van der Waals surface area (Å²) < 4.78 is 0. The third kappa shape index (κ3) is 3.49. The van der Waals surface area contributed by atoms with Crippen LogP contribution in [0, 0.1) is 0 Å². The van der Waals surface area contributed by atoms with Crippen LogP contribution in [0.2, 0.25) is 5.15 Å². The van der Waals surface area contributed by atoms with Crippen molar-refractivity contribution in [2.24, 2.45) is 5.73 Å². The average Bonchev–Trinajstić information content (AvgIpc) is 2.01. The van der Waals surface area contributed by atoms with E-state index in [1.54, 1.807) is 12.1 Å². The van der Waals surface area contributed by atoms with Gasteiger partial charge in [-0.1, -0.05) is 11.6 Å². The Hall–Kier alpha value is -1.49. The first-order chi connectivity index (χ1) is 6.58. The van der Waals surface area contributed by atoms with Crippen LogP contribution in [-0.2, 0) is 4.79 Å². The lowest BCUT2D eigenvalue weighted by Crippen LogP contribution is -2.16. The van der Waals surface area contributed by atoms with Gasteiger partial charge in [0.15, 0.2) is 0 Å². The number of rotatable bonds is 4. The number of nitrogens with one attached hydrogen (secondary N) is 1. The fourth-order valence-electron chi connectivity index (χ4n) is 0.921. The van der Waals surface area contributed by atoms with Crippen molar-refractivity contribution in [3.05, 3.63) is 17.3 Å². The molecule has 5 nitrogen and oxygen atoms in total. The van der Waals surface area contributed by atoms with Crippen molar-refractivity contribution < 1.29 is 4.79 Å². The van der Waals surface area contributed by atoms with E-state index in [4.69, 9.17) is 23.1 Å². The Bertz CT molecular complexity index is 322. The maximum atomic E-state index is 10.4. The van der Waals surface area contributed by atoms with Crippen molar-refractivity contribution in [2.45, 2.75) is 6.42 Å². The maximum absolute atomic E-state index is 10.4. The molecule has 1 aromatic heterocycles. The van der Waals surface area contributed by atoms with Crippen molar-refractivity contribution in [1.29, 1.82) is 0 Å². The standard InChI is InChI=1S/C8H11ClN4O/c9-6-3-5(10)4-8(13-6)12-2-1-7(11)14/h3-4H,1-2H2,(H2,11,14)(H3,10,12,13). The molecule has 5 N–H and O–H groups in total. The SMILES string of the molecule is NC(=O)CCNc1cc(N)cc(Cl)n1. The summed E-state index contributed by atoms with van der Waals surface area (Å²) in [5, 5.41) is 3.19. The highest BCUT2D eigenvalue weighted by Gasteiger charge is 1.99. The summed E-state index contributed by atoms with van der Waals surface area (Å²) in [7, 11) is 0. The van der Waals surface area contributed by atoms with Gasteiger partial charge in [0.25, 0.3) is 0 Å². The Morgan fingerprint density at radius 1 is 1.57 bits per heavy atom. The number of nitrogen functional groups attached to an aromatic ring is 1. The summed E-state index contributed by atoms with van der Waals surface area (Å²) in [6.45, 7) is 0.419. The lowest BCUT2D eigenvalue weighted by atomic mass is 10.3. The Morgan fingerprint density at radius 3 is 2.86 bits per heavy atom. The molecule has 0 atom stereocenters. The Kier molecular flexibility index (Phi) is 3.53. The molecule has 76 valence electrons. The minimum absolute atomic E-state index is 0.244. The Labute approximate surface area is 86.4 Å². The van der Waals surface area contributed by atoms with Crippen LogP contribution in [0.1, 0.15) is 6.42 Å². The first-order valence-corrected chi connectivity index (χ1v) is 4.41. The van der Waals surface area contributed by atoms with E-state index in [0.717, 1.165) is 0 Å². The molecule has 0 fully saturated rings. The number of hydrogen-bond acceptors (Lipinski definition) is 4. The minimum atomic E-state index is -0.368. The highest BCUT2D eigenvalue weighted by molar-refractivity contribution is 6.29. The number of halogens is 1. The van der Waals surface area contributed by atoms with Crippen LogP contribution in [0.4, 0.5) is 11.5 Å². The zero-order chi connectivity index (χ0) is 10.6. The number of carbonyl (C=O) groups excluding carboxylic acids is 1. The molecule has 0 aliphatic carbocycles. The third-order valence-electron chi connectivity index (χ3n) is 1.49. The predicted octanol–water partition coefficient (Wildman–Crippen LogP) is 0.604. The average molecular weight is 215 g/mol. The number of carbonyl (C=O) groups is 1. The molecule has 1 amide bonds. The van der Waals surface area contributed by atoms with E-state index in [-0.39, 0.29) is 12.3 Å². The summed E-state index contributed by atoms with van der Waals surface area (Å²) in [6, 6.07) is 3.17. The van der Waals surface area contributed by atoms with E-state index in [1.165, 1.54) is 0 Å². The lowest BCUT2D eigenvalue weighted by Gasteiger charge is -2.05. The largest absolute Gasteiger partial charge is 0.399 e. The molecule has 0 aliphatic rings. The van der Waals surface area contributed by atoms with Crippen molar-refractivity contribution in [2.75, 3.05) is 17.6 Å². The number of anilines is 2. The van der Waals surface area contributed by atoms with Gasteiger partial charge in [-0.15, -0.1) is 0 Å². The number of nitrogens with two attached hydrogens (primary N) is 2. The molecule has 0 aliphatic heterocycles. The van der Waals surface area contributed by atoms with Gasteiger partial charge < -0.3 is 16.8 Å². The smallest absolute Gasteiger partial charge is 0.219 e.